The van der Waals surface area contributed by atoms with Crippen LogP contribution in [0.4, 0.5) is 10.1 Å². The summed E-state index contributed by atoms with van der Waals surface area (Å²) in [5.74, 6) is -2.15. The second-order valence-electron chi connectivity index (χ2n) is 6.76. The molecule has 1 aliphatic heterocycles. The Kier molecular flexibility index (Phi) is 7.57. The molecule has 2 N–H and O–H groups in total. The quantitative estimate of drug-likeness (QED) is 0.558. The van der Waals surface area contributed by atoms with Gasteiger partial charge in [0, 0.05) is 31.9 Å². The van der Waals surface area contributed by atoms with Gasteiger partial charge in [-0.3, -0.25) is 14.5 Å². The summed E-state index contributed by atoms with van der Waals surface area (Å²) in [6.45, 7) is 3.47. The molecule has 29 heavy (non-hydrogen) atoms. The number of nitrogens with one attached hydrogen (secondary N) is 2. The van der Waals surface area contributed by atoms with Gasteiger partial charge >= 0.3 is 11.8 Å². The zero-order valence-electron chi connectivity index (χ0n) is 15.9. The summed E-state index contributed by atoms with van der Waals surface area (Å²) in [6, 6.07) is 13.8. The largest absolute Gasteiger partial charge is 0.371 e. The highest BCUT2D eigenvalue weighted by atomic mass is 35.5. The fraction of sp³-hybridized carbons (Fsp3) is 0.333. The number of hydrogen-bond acceptors (Lipinski definition) is 4. The zero-order valence-corrected chi connectivity index (χ0v) is 16.6. The van der Waals surface area contributed by atoms with E-state index in [4.69, 9.17) is 16.3 Å². The lowest BCUT2D eigenvalue weighted by Gasteiger charge is -2.33. The molecule has 2 aromatic carbocycles. The molecule has 0 saturated carbocycles. The number of rotatable bonds is 6. The molecule has 0 aliphatic carbocycles. The summed E-state index contributed by atoms with van der Waals surface area (Å²) in [5.41, 5.74) is 1.42. The molecule has 1 fully saturated rings. The van der Waals surface area contributed by atoms with Crippen molar-refractivity contribution in [3.8, 4) is 0 Å². The van der Waals surface area contributed by atoms with Gasteiger partial charge in [0.05, 0.1) is 17.7 Å². The highest BCUT2D eigenvalue weighted by molar-refractivity contribution is 6.39. The van der Waals surface area contributed by atoms with Crippen LogP contribution in [0.25, 0.3) is 0 Å². The summed E-state index contributed by atoms with van der Waals surface area (Å²) < 4.78 is 19.0. The Morgan fingerprint density at radius 2 is 1.97 bits per heavy atom. The second-order valence-corrected chi connectivity index (χ2v) is 7.17. The van der Waals surface area contributed by atoms with Gasteiger partial charge in [-0.1, -0.05) is 41.9 Å². The summed E-state index contributed by atoms with van der Waals surface area (Å²) in [6.07, 6.45) is 0.760. The van der Waals surface area contributed by atoms with Gasteiger partial charge in [0.2, 0.25) is 0 Å². The van der Waals surface area contributed by atoms with Crippen molar-refractivity contribution in [2.45, 2.75) is 12.5 Å². The van der Waals surface area contributed by atoms with Crippen molar-refractivity contribution in [3.05, 3.63) is 64.9 Å². The van der Waals surface area contributed by atoms with Crippen LogP contribution in [0, 0.1) is 5.82 Å². The van der Waals surface area contributed by atoms with Gasteiger partial charge < -0.3 is 15.4 Å². The van der Waals surface area contributed by atoms with Gasteiger partial charge in [-0.15, -0.1) is 0 Å². The average Bonchev–Trinajstić information content (AvgIpc) is 2.74. The molecule has 2 aromatic rings. The van der Waals surface area contributed by atoms with Gasteiger partial charge in [0.1, 0.15) is 5.82 Å². The third-order valence-electron chi connectivity index (χ3n) is 4.64. The fourth-order valence-electron chi connectivity index (χ4n) is 3.12. The first-order chi connectivity index (χ1) is 14.0. The number of benzene rings is 2. The maximum absolute atomic E-state index is 13.1. The van der Waals surface area contributed by atoms with Gasteiger partial charge in [0.25, 0.3) is 0 Å². The molecule has 1 saturated heterocycles. The van der Waals surface area contributed by atoms with Crippen molar-refractivity contribution in [3.63, 3.8) is 0 Å². The summed E-state index contributed by atoms with van der Waals surface area (Å²) in [4.78, 5) is 26.1. The number of carbonyl (C=O) groups excluding carboxylic acids is 2. The minimum Gasteiger partial charge on any atom is -0.371 e. The number of carbonyl (C=O) groups is 2. The van der Waals surface area contributed by atoms with Crippen molar-refractivity contribution >= 4 is 29.1 Å². The Morgan fingerprint density at radius 3 is 2.72 bits per heavy atom. The molecule has 6 nitrogen and oxygen atoms in total. The van der Waals surface area contributed by atoms with Crippen LogP contribution in [-0.2, 0) is 14.3 Å². The van der Waals surface area contributed by atoms with Crippen LogP contribution in [0.1, 0.15) is 18.1 Å². The van der Waals surface area contributed by atoms with Gasteiger partial charge in [0.15, 0.2) is 0 Å². The van der Waals surface area contributed by atoms with Gasteiger partial charge in [-0.25, -0.2) is 4.39 Å². The number of anilines is 1. The van der Waals surface area contributed by atoms with Crippen molar-refractivity contribution in [2.75, 3.05) is 38.1 Å². The fourth-order valence-corrected chi connectivity index (χ4v) is 3.30. The van der Waals surface area contributed by atoms with Crippen molar-refractivity contribution in [1.82, 2.24) is 10.2 Å². The number of morpholine rings is 1. The number of nitrogens with zero attached hydrogens (tertiary/aromatic N) is 1. The molecular weight excluding hydrogens is 397 g/mol. The van der Waals surface area contributed by atoms with E-state index in [2.05, 4.69) is 27.7 Å². The van der Waals surface area contributed by atoms with Gasteiger partial charge in [-0.05, 0) is 30.2 Å². The lowest BCUT2D eigenvalue weighted by Crippen LogP contribution is -2.41. The van der Waals surface area contributed by atoms with Crippen molar-refractivity contribution < 1.29 is 18.7 Å². The van der Waals surface area contributed by atoms with Crippen LogP contribution in [0.15, 0.2) is 48.5 Å². The molecule has 1 aliphatic rings. The van der Waals surface area contributed by atoms with Crippen LogP contribution in [0.5, 0.6) is 0 Å². The van der Waals surface area contributed by atoms with Crippen LogP contribution in [0.2, 0.25) is 5.02 Å². The lowest BCUT2D eigenvalue weighted by molar-refractivity contribution is -0.136. The van der Waals surface area contributed by atoms with Crippen LogP contribution in [0.3, 0.4) is 0 Å². The average molecular weight is 420 g/mol. The second kappa shape index (κ2) is 10.3. The SMILES string of the molecule is O=C(NCCCN1CCOC(c2ccccc2)C1)C(=O)Nc1ccc(F)c(Cl)c1. The Hall–Kier alpha value is -2.48. The summed E-state index contributed by atoms with van der Waals surface area (Å²) in [7, 11) is 0. The van der Waals surface area contributed by atoms with Crippen molar-refractivity contribution in [2.24, 2.45) is 0 Å². The maximum atomic E-state index is 13.1. The molecule has 0 spiro atoms. The van der Waals surface area contributed by atoms with Crippen LogP contribution < -0.4 is 10.6 Å². The molecule has 0 aromatic heterocycles. The van der Waals surface area contributed by atoms with E-state index in [-0.39, 0.29) is 16.8 Å². The van der Waals surface area contributed by atoms with Gasteiger partial charge in [-0.2, -0.15) is 0 Å². The number of halogens is 2. The molecule has 8 heteroatoms. The molecule has 1 heterocycles. The summed E-state index contributed by atoms with van der Waals surface area (Å²) in [5, 5.41) is 4.87. The molecule has 3 rings (SSSR count). The lowest BCUT2D eigenvalue weighted by atomic mass is 10.1. The zero-order chi connectivity index (χ0) is 20.6. The van der Waals surface area contributed by atoms with E-state index in [1.807, 2.05) is 18.2 Å². The smallest absolute Gasteiger partial charge is 0.313 e. The van der Waals surface area contributed by atoms with E-state index in [0.29, 0.717) is 19.6 Å². The monoisotopic (exact) mass is 419 g/mol. The Morgan fingerprint density at radius 1 is 1.17 bits per heavy atom. The molecule has 1 unspecified atom stereocenters. The number of amides is 2. The number of hydrogen-bond donors (Lipinski definition) is 2. The van der Waals surface area contributed by atoms with Crippen LogP contribution in [-0.4, -0.2) is 49.5 Å². The van der Waals surface area contributed by atoms with E-state index < -0.39 is 17.6 Å². The molecular formula is C21H23ClFN3O3. The maximum Gasteiger partial charge on any atom is 0.313 e. The van der Waals surface area contributed by atoms with E-state index in [1.54, 1.807) is 0 Å². The van der Waals surface area contributed by atoms with E-state index >= 15 is 0 Å². The normalized spacial score (nSPS) is 17.0. The number of ether oxygens (including phenoxy) is 1. The first-order valence-electron chi connectivity index (χ1n) is 9.46. The molecule has 2 amide bonds. The third-order valence-corrected chi connectivity index (χ3v) is 4.93. The van der Waals surface area contributed by atoms with E-state index in [1.165, 1.54) is 12.1 Å². The third kappa shape index (κ3) is 6.25. The topological polar surface area (TPSA) is 70.7 Å². The first-order valence-corrected chi connectivity index (χ1v) is 9.84. The Labute approximate surface area is 174 Å². The minimum atomic E-state index is -0.816. The van der Waals surface area contributed by atoms with Crippen LogP contribution >= 0.6 is 11.6 Å². The highest BCUT2D eigenvalue weighted by Crippen LogP contribution is 2.22. The van der Waals surface area contributed by atoms with E-state index in [0.717, 1.165) is 31.3 Å². The predicted molar refractivity (Wildman–Crippen MR) is 109 cm³/mol. The summed E-state index contributed by atoms with van der Waals surface area (Å²) >= 11 is 5.66. The molecule has 154 valence electrons. The molecule has 0 bridgehead atoms. The predicted octanol–water partition coefficient (Wildman–Crippen LogP) is 3.00. The van der Waals surface area contributed by atoms with E-state index in [9.17, 15) is 14.0 Å². The standard InChI is InChI=1S/C21H23ClFN3O3/c22-17-13-16(7-8-18(17)23)25-21(28)20(27)24-9-4-10-26-11-12-29-19(14-26)15-5-2-1-3-6-15/h1-3,5-8,13,19H,4,9-12,14H2,(H,24,27)(H,25,28). The Balaban J connectivity index is 1.37. The Bertz CT molecular complexity index is 850. The first kappa shape index (κ1) is 21.2. The molecule has 0 radical (unpaired) electrons. The molecule has 1 atom stereocenters. The van der Waals surface area contributed by atoms with Crippen molar-refractivity contribution in [1.29, 1.82) is 0 Å². The minimum absolute atomic E-state index is 0.0489. The highest BCUT2D eigenvalue weighted by Gasteiger charge is 2.21.